The normalized spacial score (nSPS) is 9.53. The van der Waals surface area contributed by atoms with Crippen molar-refractivity contribution in [3.63, 3.8) is 0 Å². The number of amides is 1. The zero-order valence-electron chi connectivity index (χ0n) is 10.3. The third-order valence-corrected chi connectivity index (χ3v) is 3.33. The minimum absolute atomic E-state index is 0.0477. The maximum Gasteiger partial charge on any atom is 0.261 e. The molecule has 3 nitrogen and oxygen atoms in total. The molecule has 0 unspecified atom stereocenters. The highest BCUT2D eigenvalue weighted by Gasteiger charge is 2.05. The van der Waals surface area contributed by atoms with E-state index in [1.54, 1.807) is 0 Å². The Kier molecular flexibility index (Phi) is 4.73. The van der Waals surface area contributed by atoms with Crippen molar-refractivity contribution in [2.45, 2.75) is 6.54 Å². The Morgan fingerprint density at radius 2 is 2.21 bits per heavy atom. The molecule has 0 aliphatic rings. The molecule has 0 radical (unpaired) electrons. The summed E-state index contributed by atoms with van der Waals surface area (Å²) in [5.74, 6) is 5.74. The van der Waals surface area contributed by atoms with Gasteiger partial charge in [0.15, 0.2) is 0 Å². The van der Waals surface area contributed by atoms with Crippen LogP contribution >= 0.6 is 11.3 Å². The van der Waals surface area contributed by atoms with Crippen molar-refractivity contribution in [2.24, 2.45) is 5.73 Å². The zero-order valence-corrected chi connectivity index (χ0v) is 11.2. The van der Waals surface area contributed by atoms with Crippen LogP contribution in [0.2, 0.25) is 0 Å². The minimum Gasteiger partial charge on any atom is -0.347 e. The fourth-order valence-electron chi connectivity index (χ4n) is 1.59. The van der Waals surface area contributed by atoms with Crippen molar-refractivity contribution >= 4 is 17.2 Å². The largest absolute Gasteiger partial charge is 0.347 e. The van der Waals surface area contributed by atoms with Crippen LogP contribution in [0.1, 0.15) is 20.8 Å². The molecule has 19 heavy (non-hydrogen) atoms. The van der Waals surface area contributed by atoms with Crippen LogP contribution < -0.4 is 11.1 Å². The van der Waals surface area contributed by atoms with Gasteiger partial charge in [0, 0.05) is 12.1 Å². The SMILES string of the molecule is NCC#Cc1cccc(CNC(=O)c2cccs2)c1. The van der Waals surface area contributed by atoms with Crippen molar-refractivity contribution in [1.82, 2.24) is 5.32 Å². The summed E-state index contributed by atoms with van der Waals surface area (Å²) in [4.78, 5) is 12.5. The summed E-state index contributed by atoms with van der Waals surface area (Å²) in [6.45, 7) is 0.841. The number of benzene rings is 1. The van der Waals surface area contributed by atoms with E-state index in [0.717, 1.165) is 16.0 Å². The maximum atomic E-state index is 11.8. The quantitative estimate of drug-likeness (QED) is 0.838. The Hall–Kier alpha value is -2.09. The van der Waals surface area contributed by atoms with E-state index in [4.69, 9.17) is 5.73 Å². The van der Waals surface area contributed by atoms with Crippen LogP contribution in [-0.4, -0.2) is 12.5 Å². The van der Waals surface area contributed by atoms with Crippen LogP contribution in [0.25, 0.3) is 0 Å². The van der Waals surface area contributed by atoms with Gasteiger partial charge in [-0.3, -0.25) is 4.79 Å². The number of carbonyl (C=O) groups excluding carboxylic acids is 1. The lowest BCUT2D eigenvalue weighted by Gasteiger charge is -2.04. The summed E-state index contributed by atoms with van der Waals surface area (Å²) >= 11 is 1.43. The molecule has 0 fully saturated rings. The molecule has 0 atom stereocenters. The van der Waals surface area contributed by atoms with Crippen LogP contribution in [0.5, 0.6) is 0 Å². The van der Waals surface area contributed by atoms with E-state index in [-0.39, 0.29) is 5.91 Å². The molecule has 0 aliphatic carbocycles. The fourth-order valence-corrected chi connectivity index (χ4v) is 2.23. The van der Waals surface area contributed by atoms with Gasteiger partial charge >= 0.3 is 0 Å². The molecule has 1 aromatic heterocycles. The standard InChI is InChI=1S/C15H14N2OS/c16-8-2-6-12-4-1-5-13(10-12)11-17-15(18)14-7-3-9-19-14/h1,3-5,7,9-10H,8,11,16H2,(H,17,18). The summed E-state index contributed by atoms with van der Waals surface area (Å²) in [6.07, 6.45) is 0. The predicted octanol–water partition coefficient (Wildman–Crippen LogP) is 1.99. The molecule has 2 rings (SSSR count). The van der Waals surface area contributed by atoms with Crippen LogP contribution in [0, 0.1) is 11.8 Å². The van der Waals surface area contributed by atoms with Crippen molar-refractivity contribution in [1.29, 1.82) is 0 Å². The first kappa shape index (κ1) is 13.3. The summed E-state index contributed by atoms with van der Waals surface area (Å²) in [5.41, 5.74) is 7.27. The molecule has 96 valence electrons. The van der Waals surface area contributed by atoms with Gasteiger partial charge in [0.1, 0.15) is 0 Å². The summed E-state index contributed by atoms with van der Waals surface area (Å²) in [6, 6.07) is 11.4. The second kappa shape index (κ2) is 6.74. The summed E-state index contributed by atoms with van der Waals surface area (Å²) in [5, 5.41) is 4.77. The number of nitrogens with two attached hydrogens (primary N) is 1. The third kappa shape index (κ3) is 3.95. The first-order valence-electron chi connectivity index (χ1n) is 5.89. The molecular weight excluding hydrogens is 256 g/mol. The number of nitrogens with one attached hydrogen (secondary N) is 1. The van der Waals surface area contributed by atoms with E-state index in [1.165, 1.54) is 11.3 Å². The van der Waals surface area contributed by atoms with Crippen molar-refractivity contribution < 1.29 is 4.79 Å². The molecule has 3 N–H and O–H groups in total. The van der Waals surface area contributed by atoms with Crippen LogP contribution in [0.4, 0.5) is 0 Å². The van der Waals surface area contributed by atoms with Crippen LogP contribution in [0.15, 0.2) is 41.8 Å². The van der Waals surface area contributed by atoms with Gasteiger partial charge in [-0.15, -0.1) is 11.3 Å². The molecule has 4 heteroatoms. The molecular formula is C15H14N2OS. The zero-order chi connectivity index (χ0) is 13.5. The smallest absolute Gasteiger partial charge is 0.261 e. The Balaban J connectivity index is 1.98. The van der Waals surface area contributed by atoms with Gasteiger partial charge in [0.05, 0.1) is 11.4 Å². The monoisotopic (exact) mass is 270 g/mol. The number of thiophene rings is 1. The van der Waals surface area contributed by atoms with Gasteiger partial charge in [-0.1, -0.05) is 30.0 Å². The van der Waals surface area contributed by atoms with E-state index in [9.17, 15) is 4.79 Å². The number of hydrogen-bond acceptors (Lipinski definition) is 3. The molecule has 1 aromatic carbocycles. The van der Waals surface area contributed by atoms with Crippen LogP contribution in [0.3, 0.4) is 0 Å². The van der Waals surface area contributed by atoms with E-state index in [0.29, 0.717) is 13.1 Å². The second-order valence-electron chi connectivity index (χ2n) is 3.87. The molecule has 0 spiro atoms. The first-order chi connectivity index (χ1) is 9.29. The molecule has 0 saturated carbocycles. The molecule has 0 bridgehead atoms. The molecule has 1 heterocycles. The second-order valence-corrected chi connectivity index (χ2v) is 4.81. The van der Waals surface area contributed by atoms with Gasteiger partial charge in [0.2, 0.25) is 0 Å². The van der Waals surface area contributed by atoms with Crippen LogP contribution in [-0.2, 0) is 6.54 Å². The van der Waals surface area contributed by atoms with Gasteiger partial charge in [-0.2, -0.15) is 0 Å². The average Bonchev–Trinajstić information content (AvgIpc) is 2.97. The van der Waals surface area contributed by atoms with Crippen molar-refractivity contribution in [3.8, 4) is 11.8 Å². The Labute approximate surface area is 116 Å². The lowest BCUT2D eigenvalue weighted by molar-refractivity contribution is 0.0955. The van der Waals surface area contributed by atoms with Gasteiger partial charge in [-0.25, -0.2) is 0 Å². The Bertz CT molecular complexity index is 609. The first-order valence-corrected chi connectivity index (χ1v) is 6.77. The minimum atomic E-state index is -0.0477. The maximum absolute atomic E-state index is 11.8. The lowest BCUT2D eigenvalue weighted by atomic mass is 10.1. The summed E-state index contributed by atoms with van der Waals surface area (Å²) < 4.78 is 0. The van der Waals surface area contributed by atoms with Gasteiger partial charge < -0.3 is 11.1 Å². The molecule has 0 aliphatic heterocycles. The van der Waals surface area contributed by atoms with Crippen molar-refractivity contribution in [3.05, 3.63) is 57.8 Å². The fraction of sp³-hybridized carbons (Fsp3) is 0.133. The number of rotatable bonds is 3. The average molecular weight is 270 g/mol. The van der Waals surface area contributed by atoms with E-state index in [2.05, 4.69) is 17.2 Å². The third-order valence-electron chi connectivity index (χ3n) is 2.46. The topological polar surface area (TPSA) is 55.1 Å². The number of hydrogen-bond donors (Lipinski definition) is 2. The van der Waals surface area contributed by atoms with Gasteiger partial charge in [0.25, 0.3) is 5.91 Å². The number of carbonyl (C=O) groups is 1. The summed E-state index contributed by atoms with van der Waals surface area (Å²) in [7, 11) is 0. The van der Waals surface area contributed by atoms with Gasteiger partial charge in [-0.05, 0) is 29.1 Å². The highest BCUT2D eigenvalue weighted by molar-refractivity contribution is 7.12. The molecule has 2 aromatic rings. The Morgan fingerprint density at radius 1 is 1.32 bits per heavy atom. The van der Waals surface area contributed by atoms with E-state index < -0.39 is 0 Å². The van der Waals surface area contributed by atoms with E-state index >= 15 is 0 Å². The van der Waals surface area contributed by atoms with E-state index in [1.807, 2.05) is 41.8 Å². The molecule has 0 saturated heterocycles. The Morgan fingerprint density at radius 3 is 2.95 bits per heavy atom. The molecule has 1 amide bonds. The highest BCUT2D eigenvalue weighted by Crippen LogP contribution is 2.09. The predicted molar refractivity (Wildman–Crippen MR) is 77.9 cm³/mol. The van der Waals surface area contributed by atoms with Crippen molar-refractivity contribution in [2.75, 3.05) is 6.54 Å². The lowest BCUT2D eigenvalue weighted by Crippen LogP contribution is -2.21. The highest BCUT2D eigenvalue weighted by atomic mass is 32.1.